The maximum atomic E-state index is 13.6. The molecule has 7 rings (SSSR count). The van der Waals surface area contributed by atoms with Crippen LogP contribution >= 0.6 is 0 Å². The highest BCUT2D eigenvalue weighted by Gasteiger charge is 2.38. The standard InChI is InChI=1S/C26H24FN7O/c27-16-7-9-34-21(14-29-24(34)10-16)17-4-5-19(25-18(17)12-30-26(25)35)31-22-2-1-3-23(32-22)33-8-6-15-11-28-13-20(15)33/h1-5,7,9-10,14-15,20,28H,6,8,11-13H2,(H,30,35)(H,31,32). The van der Waals surface area contributed by atoms with Crippen LogP contribution in [-0.4, -0.2) is 46.0 Å². The quantitative estimate of drug-likeness (QED) is 0.425. The van der Waals surface area contributed by atoms with Gasteiger partial charge in [-0.25, -0.2) is 14.4 Å². The molecule has 9 heteroatoms. The number of pyridine rings is 2. The molecule has 3 N–H and O–H groups in total. The summed E-state index contributed by atoms with van der Waals surface area (Å²) >= 11 is 0. The second-order valence-electron chi connectivity index (χ2n) is 9.39. The minimum absolute atomic E-state index is 0.125. The maximum absolute atomic E-state index is 13.6. The molecule has 2 fully saturated rings. The van der Waals surface area contributed by atoms with Crippen molar-refractivity contribution in [3.63, 3.8) is 0 Å². The van der Waals surface area contributed by atoms with E-state index in [4.69, 9.17) is 4.98 Å². The second-order valence-corrected chi connectivity index (χ2v) is 9.39. The normalized spacial score (nSPS) is 20.8. The van der Waals surface area contributed by atoms with Gasteiger partial charge in [0.15, 0.2) is 0 Å². The van der Waals surface area contributed by atoms with E-state index in [9.17, 15) is 9.18 Å². The summed E-state index contributed by atoms with van der Waals surface area (Å²) in [5, 5.41) is 9.82. The van der Waals surface area contributed by atoms with Crippen LogP contribution in [0.2, 0.25) is 0 Å². The number of amides is 1. The summed E-state index contributed by atoms with van der Waals surface area (Å²) in [7, 11) is 0. The fraction of sp³-hybridized carbons (Fsp3) is 0.269. The van der Waals surface area contributed by atoms with Crippen molar-refractivity contribution < 1.29 is 9.18 Å². The average Bonchev–Trinajstić information content (AvgIpc) is 3.63. The summed E-state index contributed by atoms with van der Waals surface area (Å²) in [4.78, 5) is 24.5. The summed E-state index contributed by atoms with van der Waals surface area (Å²) in [5.41, 5.74) is 4.44. The Bertz CT molecular complexity index is 1480. The summed E-state index contributed by atoms with van der Waals surface area (Å²) in [5.74, 6) is 1.89. The molecule has 0 bridgehead atoms. The van der Waals surface area contributed by atoms with Crippen molar-refractivity contribution in [1.82, 2.24) is 25.0 Å². The molecule has 0 aliphatic carbocycles. The van der Waals surface area contributed by atoms with E-state index in [0.29, 0.717) is 41.2 Å². The van der Waals surface area contributed by atoms with Crippen LogP contribution in [-0.2, 0) is 6.54 Å². The van der Waals surface area contributed by atoms with Gasteiger partial charge in [0.25, 0.3) is 5.91 Å². The Kier molecular flexibility index (Phi) is 4.53. The number of rotatable bonds is 4. The van der Waals surface area contributed by atoms with Crippen LogP contribution in [0.3, 0.4) is 0 Å². The number of imidazole rings is 1. The van der Waals surface area contributed by atoms with Crippen molar-refractivity contribution in [3.05, 3.63) is 71.8 Å². The van der Waals surface area contributed by atoms with E-state index in [1.54, 1.807) is 12.4 Å². The zero-order chi connectivity index (χ0) is 23.5. The summed E-state index contributed by atoms with van der Waals surface area (Å²) in [6.45, 7) is 3.51. The smallest absolute Gasteiger partial charge is 0.254 e. The van der Waals surface area contributed by atoms with Gasteiger partial charge in [-0.3, -0.25) is 9.20 Å². The number of benzene rings is 1. The molecule has 2 atom stereocenters. The molecule has 0 spiro atoms. The van der Waals surface area contributed by atoms with Gasteiger partial charge in [-0.1, -0.05) is 12.1 Å². The molecule has 3 aliphatic rings. The summed E-state index contributed by atoms with van der Waals surface area (Å²) in [6.07, 6.45) is 4.56. The fourth-order valence-corrected chi connectivity index (χ4v) is 5.77. The monoisotopic (exact) mass is 469 g/mol. The molecule has 1 amide bonds. The minimum Gasteiger partial charge on any atom is -0.352 e. The Balaban J connectivity index is 1.24. The molecule has 35 heavy (non-hydrogen) atoms. The van der Waals surface area contributed by atoms with Crippen LogP contribution in [0.1, 0.15) is 22.3 Å². The molecule has 6 heterocycles. The van der Waals surface area contributed by atoms with Crippen molar-refractivity contribution in [1.29, 1.82) is 0 Å². The van der Waals surface area contributed by atoms with E-state index < -0.39 is 0 Å². The van der Waals surface area contributed by atoms with Gasteiger partial charge in [-0.2, -0.15) is 0 Å². The molecule has 8 nitrogen and oxygen atoms in total. The number of anilines is 3. The van der Waals surface area contributed by atoms with Gasteiger partial charge in [0.05, 0.1) is 23.1 Å². The Morgan fingerprint density at radius 2 is 2.09 bits per heavy atom. The van der Waals surface area contributed by atoms with Crippen LogP contribution in [0.15, 0.2) is 54.9 Å². The second kappa shape index (κ2) is 7.78. The number of hydrogen-bond acceptors (Lipinski definition) is 6. The number of carbonyl (C=O) groups is 1. The third-order valence-electron chi connectivity index (χ3n) is 7.45. The van der Waals surface area contributed by atoms with Gasteiger partial charge in [0, 0.05) is 50.0 Å². The fourth-order valence-electron chi connectivity index (χ4n) is 5.77. The van der Waals surface area contributed by atoms with Crippen LogP contribution < -0.4 is 20.9 Å². The lowest BCUT2D eigenvalue weighted by atomic mass is 9.99. The number of nitrogens with one attached hydrogen (secondary N) is 3. The lowest BCUT2D eigenvalue weighted by Gasteiger charge is -2.25. The number of halogens is 1. The van der Waals surface area contributed by atoms with Crippen LogP contribution in [0.4, 0.5) is 21.7 Å². The number of aromatic nitrogens is 3. The van der Waals surface area contributed by atoms with E-state index in [-0.39, 0.29) is 11.7 Å². The highest BCUT2D eigenvalue weighted by Crippen LogP contribution is 2.36. The molecule has 0 saturated carbocycles. The molecule has 1 aromatic carbocycles. The SMILES string of the molecule is O=C1NCc2c(-c3cnc4cc(F)ccn34)ccc(Nc3cccc(N4CCC5CNCC54)n3)c21. The molecular formula is C26H24FN7O. The van der Waals surface area contributed by atoms with Crippen molar-refractivity contribution in [3.8, 4) is 11.3 Å². The van der Waals surface area contributed by atoms with Crippen LogP contribution in [0, 0.1) is 11.7 Å². The lowest BCUT2D eigenvalue weighted by Crippen LogP contribution is -2.34. The number of carbonyl (C=O) groups excluding carboxylic acids is 1. The summed E-state index contributed by atoms with van der Waals surface area (Å²) < 4.78 is 15.5. The maximum Gasteiger partial charge on any atom is 0.254 e. The zero-order valence-corrected chi connectivity index (χ0v) is 19.0. The van der Waals surface area contributed by atoms with Crippen molar-refractivity contribution in [2.75, 3.05) is 29.9 Å². The van der Waals surface area contributed by atoms with E-state index in [1.165, 1.54) is 18.6 Å². The van der Waals surface area contributed by atoms with Gasteiger partial charge >= 0.3 is 0 Å². The molecule has 4 aromatic rings. The molecule has 0 radical (unpaired) electrons. The third-order valence-corrected chi connectivity index (χ3v) is 7.45. The number of hydrogen-bond donors (Lipinski definition) is 3. The van der Waals surface area contributed by atoms with E-state index in [0.717, 1.165) is 42.3 Å². The Hall–Kier alpha value is -3.98. The average molecular weight is 470 g/mol. The van der Waals surface area contributed by atoms with Crippen LogP contribution in [0.25, 0.3) is 16.9 Å². The van der Waals surface area contributed by atoms with E-state index in [1.807, 2.05) is 28.7 Å². The molecular weight excluding hydrogens is 445 g/mol. The van der Waals surface area contributed by atoms with Gasteiger partial charge in [0.2, 0.25) is 0 Å². The molecule has 2 saturated heterocycles. The Morgan fingerprint density at radius 3 is 3.03 bits per heavy atom. The zero-order valence-electron chi connectivity index (χ0n) is 19.0. The first kappa shape index (κ1) is 20.4. The third kappa shape index (κ3) is 3.26. The van der Waals surface area contributed by atoms with Crippen molar-refractivity contribution in [2.45, 2.75) is 19.0 Å². The molecule has 3 aromatic heterocycles. The minimum atomic E-state index is -0.334. The largest absolute Gasteiger partial charge is 0.352 e. The van der Waals surface area contributed by atoms with Crippen molar-refractivity contribution in [2.24, 2.45) is 5.92 Å². The first-order valence-corrected chi connectivity index (χ1v) is 11.9. The van der Waals surface area contributed by atoms with Gasteiger partial charge < -0.3 is 20.9 Å². The van der Waals surface area contributed by atoms with E-state index >= 15 is 0 Å². The first-order chi connectivity index (χ1) is 17.2. The van der Waals surface area contributed by atoms with Gasteiger partial charge in [-0.15, -0.1) is 0 Å². The molecule has 176 valence electrons. The van der Waals surface area contributed by atoms with Gasteiger partial charge in [-0.05, 0) is 42.2 Å². The number of nitrogens with zero attached hydrogens (tertiary/aromatic N) is 4. The predicted molar refractivity (Wildman–Crippen MR) is 131 cm³/mol. The molecule has 2 unspecified atom stereocenters. The molecule has 3 aliphatic heterocycles. The Morgan fingerprint density at radius 1 is 1.14 bits per heavy atom. The summed E-state index contributed by atoms with van der Waals surface area (Å²) in [6, 6.07) is 13.2. The van der Waals surface area contributed by atoms with Crippen molar-refractivity contribution >= 4 is 28.9 Å². The number of fused-ring (bicyclic) bond motifs is 3. The van der Waals surface area contributed by atoms with Crippen LogP contribution in [0.5, 0.6) is 0 Å². The predicted octanol–water partition coefficient (Wildman–Crippen LogP) is 3.32. The van der Waals surface area contributed by atoms with E-state index in [2.05, 4.69) is 31.9 Å². The topological polar surface area (TPSA) is 86.6 Å². The Labute approximate surface area is 201 Å². The highest BCUT2D eigenvalue weighted by atomic mass is 19.1. The lowest BCUT2D eigenvalue weighted by molar-refractivity contribution is 0.0966. The van der Waals surface area contributed by atoms with Gasteiger partial charge in [0.1, 0.15) is 23.1 Å². The first-order valence-electron chi connectivity index (χ1n) is 11.9. The highest BCUT2D eigenvalue weighted by molar-refractivity contribution is 6.06.